The van der Waals surface area contributed by atoms with Gasteiger partial charge in [0.2, 0.25) is 0 Å². The highest BCUT2D eigenvalue weighted by Gasteiger charge is 2.09. The standard InChI is InChI=1S/C22H35N3/c1-5-6-7-12-18-16-19-17(11-8-9-15-24-22(2,3)4)13-10-14-20(19)25-21(18)23/h10,13-14,16,24H,5-9,11-12,15H2,1-4H3,(H2,23,25). The Balaban J connectivity index is 2.04. The first-order valence-corrected chi connectivity index (χ1v) is 9.83. The third-order valence-corrected chi connectivity index (χ3v) is 4.64. The Morgan fingerprint density at radius 1 is 1.00 bits per heavy atom. The number of nitrogens with zero attached hydrogens (tertiary/aromatic N) is 1. The van der Waals surface area contributed by atoms with Gasteiger partial charge in [-0.05, 0) is 82.7 Å². The van der Waals surface area contributed by atoms with Gasteiger partial charge in [-0.2, -0.15) is 0 Å². The second kappa shape index (κ2) is 9.19. The van der Waals surface area contributed by atoms with Crippen molar-refractivity contribution in [3.8, 4) is 0 Å². The number of rotatable bonds is 9. The molecule has 0 saturated heterocycles. The van der Waals surface area contributed by atoms with Crippen molar-refractivity contribution >= 4 is 16.7 Å². The maximum atomic E-state index is 6.18. The lowest BCUT2D eigenvalue weighted by Crippen LogP contribution is -2.36. The minimum atomic E-state index is 0.203. The molecular weight excluding hydrogens is 306 g/mol. The lowest BCUT2D eigenvalue weighted by atomic mass is 9.99. The van der Waals surface area contributed by atoms with Crippen LogP contribution in [0.15, 0.2) is 24.3 Å². The summed E-state index contributed by atoms with van der Waals surface area (Å²) in [7, 11) is 0. The molecule has 0 radical (unpaired) electrons. The predicted molar refractivity (Wildman–Crippen MR) is 110 cm³/mol. The Hall–Kier alpha value is -1.61. The van der Waals surface area contributed by atoms with Crippen LogP contribution in [0.1, 0.15) is 70.9 Å². The SMILES string of the molecule is CCCCCc1cc2c(CCCCNC(C)(C)C)cccc2nc1N. The van der Waals surface area contributed by atoms with Gasteiger partial charge in [0.25, 0.3) is 0 Å². The topological polar surface area (TPSA) is 50.9 Å². The number of benzene rings is 1. The van der Waals surface area contributed by atoms with Gasteiger partial charge in [-0.15, -0.1) is 0 Å². The number of hydrogen-bond donors (Lipinski definition) is 2. The van der Waals surface area contributed by atoms with Crippen LogP contribution >= 0.6 is 0 Å². The van der Waals surface area contributed by atoms with E-state index in [0.29, 0.717) is 5.82 Å². The third-order valence-electron chi connectivity index (χ3n) is 4.64. The molecule has 0 aliphatic rings. The van der Waals surface area contributed by atoms with Gasteiger partial charge in [0.05, 0.1) is 5.52 Å². The molecule has 25 heavy (non-hydrogen) atoms. The third kappa shape index (κ3) is 6.32. The minimum Gasteiger partial charge on any atom is -0.383 e. The zero-order valence-electron chi connectivity index (χ0n) is 16.5. The number of pyridine rings is 1. The molecule has 1 aromatic heterocycles. The highest BCUT2D eigenvalue weighted by atomic mass is 14.9. The van der Waals surface area contributed by atoms with Gasteiger partial charge in [-0.3, -0.25) is 0 Å². The molecule has 0 fully saturated rings. The van der Waals surface area contributed by atoms with Crippen molar-refractivity contribution in [1.29, 1.82) is 0 Å². The van der Waals surface area contributed by atoms with E-state index in [2.05, 4.69) is 62.3 Å². The molecule has 1 heterocycles. The zero-order chi connectivity index (χ0) is 18.3. The van der Waals surface area contributed by atoms with Gasteiger partial charge in [-0.25, -0.2) is 4.98 Å². The van der Waals surface area contributed by atoms with Crippen LogP contribution in [-0.4, -0.2) is 17.1 Å². The fraction of sp³-hybridized carbons (Fsp3) is 0.591. The average molecular weight is 342 g/mol. The van der Waals surface area contributed by atoms with Crippen LogP contribution in [0, 0.1) is 0 Å². The Labute approximate surface area is 153 Å². The highest BCUT2D eigenvalue weighted by Crippen LogP contribution is 2.24. The number of anilines is 1. The Bertz CT molecular complexity index is 671. The number of nitrogen functional groups attached to an aromatic ring is 1. The maximum absolute atomic E-state index is 6.18. The van der Waals surface area contributed by atoms with E-state index in [4.69, 9.17) is 5.73 Å². The molecule has 2 aromatic rings. The lowest BCUT2D eigenvalue weighted by Gasteiger charge is -2.20. The number of hydrogen-bond acceptors (Lipinski definition) is 3. The summed E-state index contributed by atoms with van der Waals surface area (Å²) in [6, 6.07) is 8.71. The van der Waals surface area contributed by atoms with Crippen LogP contribution in [0.25, 0.3) is 10.9 Å². The molecule has 0 amide bonds. The molecule has 0 aliphatic carbocycles. The zero-order valence-corrected chi connectivity index (χ0v) is 16.5. The smallest absolute Gasteiger partial charge is 0.127 e. The molecule has 1 aromatic carbocycles. The quantitative estimate of drug-likeness (QED) is 0.612. The van der Waals surface area contributed by atoms with E-state index in [9.17, 15) is 0 Å². The van der Waals surface area contributed by atoms with Crippen molar-refractivity contribution in [2.45, 2.75) is 78.2 Å². The first kappa shape index (κ1) is 19.7. The predicted octanol–water partition coefficient (Wildman–Crippen LogP) is 5.26. The number of fused-ring (bicyclic) bond motifs is 1. The van der Waals surface area contributed by atoms with Crippen molar-refractivity contribution in [1.82, 2.24) is 10.3 Å². The Kier molecular flexibility index (Phi) is 7.24. The Morgan fingerprint density at radius 2 is 1.72 bits per heavy atom. The number of nitrogens with one attached hydrogen (secondary N) is 1. The first-order chi connectivity index (χ1) is 11.9. The molecular formula is C22H35N3. The van der Waals surface area contributed by atoms with Crippen LogP contribution < -0.4 is 11.1 Å². The summed E-state index contributed by atoms with van der Waals surface area (Å²) >= 11 is 0. The molecule has 3 heteroatoms. The van der Waals surface area contributed by atoms with Crippen LogP contribution in [0.3, 0.4) is 0 Å². The molecule has 0 saturated carbocycles. The van der Waals surface area contributed by atoms with Gasteiger partial charge >= 0.3 is 0 Å². The van der Waals surface area contributed by atoms with Crippen molar-refractivity contribution in [2.75, 3.05) is 12.3 Å². The number of nitrogens with two attached hydrogens (primary N) is 1. The van der Waals surface area contributed by atoms with Gasteiger partial charge in [0.1, 0.15) is 5.82 Å². The summed E-state index contributed by atoms with van der Waals surface area (Å²) in [4.78, 5) is 4.66. The van der Waals surface area contributed by atoms with Crippen molar-refractivity contribution in [3.63, 3.8) is 0 Å². The lowest BCUT2D eigenvalue weighted by molar-refractivity contribution is 0.419. The molecule has 138 valence electrons. The number of aromatic nitrogens is 1. The molecule has 0 aliphatic heterocycles. The van der Waals surface area contributed by atoms with Gasteiger partial charge in [-0.1, -0.05) is 31.9 Å². The van der Waals surface area contributed by atoms with E-state index in [-0.39, 0.29) is 5.54 Å². The van der Waals surface area contributed by atoms with Gasteiger partial charge in [0.15, 0.2) is 0 Å². The maximum Gasteiger partial charge on any atom is 0.127 e. The van der Waals surface area contributed by atoms with Crippen LogP contribution in [0.5, 0.6) is 0 Å². The summed E-state index contributed by atoms with van der Waals surface area (Å²) in [5.74, 6) is 0.704. The monoisotopic (exact) mass is 341 g/mol. The molecule has 3 N–H and O–H groups in total. The van der Waals surface area contributed by atoms with E-state index in [1.54, 1.807) is 0 Å². The van der Waals surface area contributed by atoms with E-state index < -0.39 is 0 Å². The second-order valence-corrected chi connectivity index (χ2v) is 8.11. The van der Waals surface area contributed by atoms with Crippen molar-refractivity contribution in [3.05, 3.63) is 35.4 Å². The normalized spacial score (nSPS) is 12.0. The van der Waals surface area contributed by atoms with Gasteiger partial charge in [0, 0.05) is 10.9 Å². The molecule has 2 rings (SSSR count). The fourth-order valence-corrected chi connectivity index (χ4v) is 3.20. The van der Waals surface area contributed by atoms with Gasteiger partial charge < -0.3 is 11.1 Å². The average Bonchev–Trinajstić information content (AvgIpc) is 2.54. The molecule has 0 bridgehead atoms. The second-order valence-electron chi connectivity index (χ2n) is 8.11. The molecule has 0 unspecified atom stereocenters. The number of unbranched alkanes of at least 4 members (excludes halogenated alkanes) is 3. The number of aryl methyl sites for hydroxylation is 2. The summed E-state index contributed by atoms with van der Waals surface area (Å²) in [5, 5.41) is 4.85. The largest absolute Gasteiger partial charge is 0.383 e. The fourth-order valence-electron chi connectivity index (χ4n) is 3.20. The van der Waals surface area contributed by atoms with Crippen LogP contribution in [-0.2, 0) is 12.8 Å². The van der Waals surface area contributed by atoms with E-state index in [1.807, 2.05) is 0 Å². The first-order valence-electron chi connectivity index (χ1n) is 9.83. The minimum absolute atomic E-state index is 0.203. The van der Waals surface area contributed by atoms with Crippen molar-refractivity contribution < 1.29 is 0 Å². The van der Waals surface area contributed by atoms with E-state index in [1.165, 1.54) is 48.6 Å². The summed E-state index contributed by atoms with van der Waals surface area (Å²) in [6.07, 6.45) is 8.19. The van der Waals surface area contributed by atoms with E-state index in [0.717, 1.165) is 24.9 Å². The Morgan fingerprint density at radius 3 is 2.44 bits per heavy atom. The molecule has 3 nitrogen and oxygen atoms in total. The van der Waals surface area contributed by atoms with Crippen LogP contribution in [0.4, 0.5) is 5.82 Å². The summed E-state index contributed by atoms with van der Waals surface area (Å²) < 4.78 is 0. The summed E-state index contributed by atoms with van der Waals surface area (Å²) in [5.41, 5.74) is 10.0. The molecule has 0 spiro atoms. The summed E-state index contributed by atoms with van der Waals surface area (Å²) in [6.45, 7) is 9.95. The highest BCUT2D eigenvalue weighted by molar-refractivity contribution is 5.84. The van der Waals surface area contributed by atoms with Crippen LogP contribution in [0.2, 0.25) is 0 Å². The van der Waals surface area contributed by atoms with Crippen molar-refractivity contribution in [2.24, 2.45) is 0 Å². The van der Waals surface area contributed by atoms with E-state index >= 15 is 0 Å². The molecule has 0 atom stereocenters.